The van der Waals surface area contributed by atoms with Gasteiger partial charge in [-0.05, 0) is 129 Å². The number of para-hydroxylation sites is 1. The zero-order valence-electron chi connectivity index (χ0n) is 34.5. The first-order valence-corrected chi connectivity index (χ1v) is 22.4. The Morgan fingerprint density at radius 3 is 2.33 bits per heavy atom. The van der Waals surface area contributed by atoms with E-state index in [1.54, 1.807) is 30.3 Å². The highest BCUT2D eigenvalue weighted by molar-refractivity contribution is 7.90. The van der Waals surface area contributed by atoms with Gasteiger partial charge in [0.1, 0.15) is 23.9 Å². The molecule has 0 bridgehead atoms. The van der Waals surface area contributed by atoms with Gasteiger partial charge in [-0.1, -0.05) is 48.0 Å². The molecule has 0 spiro atoms. The van der Waals surface area contributed by atoms with Crippen molar-refractivity contribution < 1.29 is 27.4 Å². The monoisotopic (exact) mass is 851 g/mol. The van der Waals surface area contributed by atoms with Gasteiger partial charge >= 0.3 is 0 Å². The highest BCUT2D eigenvalue weighted by Gasteiger charge is 2.25. The van der Waals surface area contributed by atoms with Crippen molar-refractivity contribution >= 4 is 38.9 Å². The molecule has 1 amide bonds. The Morgan fingerprint density at radius 2 is 1.62 bits per heavy atom. The van der Waals surface area contributed by atoms with E-state index in [0.717, 1.165) is 106 Å². The number of hydrogen-bond acceptors (Lipinski definition) is 10. The topological polar surface area (TPSA) is 113 Å². The first-order valence-electron chi connectivity index (χ1n) is 20.5. The third kappa shape index (κ3) is 11.4. The van der Waals surface area contributed by atoms with Crippen LogP contribution in [-0.4, -0.2) is 97.3 Å². The number of sulfonamides is 1. The predicted molar refractivity (Wildman–Crippen MR) is 239 cm³/mol. The fourth-order valence-corrected chi connectivity index (χ4v) is 8.67. The minimum atomic E-state index is -4.20. The van der Waals surface area contributed by atoms with Gasteiger partial charge in [0.05, 0.1) is 10.5 Å². The van der Waals surface area contributed by atoms with Crippen molar-refractivity contribution in [3.05, 3.63) is 131 Å². The maximum Gasteiger partial charge on any atom is 0.268 e. The molecule has 2 aliphatic heterocycles. The fourth-order valence-electron chi connectivity index (χ4n) is 7.49. The number of nitrogens with zero attached hydrogens (tertiary/aromatic N) is 3. The van der Waals surface area contributed by atoms with Gasteiger partial charge in [0.2, 0.25) is 0 Å². The maximum atomic E-state index is 13.8. The second-order valence-electron chi connectivity index (χ2n) is 15.7. The molecule has 5 aromatic carbocycles. The number of ether oxygens (including phenoxy) is 3. The predicted octanol–water partition coefficient (Wildman–Crippen LogP) is 8.33. The van der Waals surface area contributed by atoms with E-state index in [9.17, 15) is 13.2 Å². The van der Waals surface area contributed by atoms with Crippen LogP contribution in [0.1, 0.15) is 34.3 Å². The van der Waals surface area contributed by atoms with Gasteiger partial charge in [0.25, 0.3) is 15.9 Å². The number of likely N-dealkylation sites (N-methyl/N-ethyl adjacent to an activating group) is 1. The lowest BCUT2D eigenvalue weighted by Crippen LogP contribution is -2.46. The van der Waals surface area contributed by atoms with Crippen LogP contribution in [0.3, 0.4) is 0 Å². The van der Waals surface area contributed by atoms with Crippen LogP contribution in [0, 0.1) is 12.8 Å². The fraction of sp³-hybridized carbons (Fsp3) is 0.340. The van der Waals surface area contributed by atoms with Crippen LogP contribution < -0.4 is 24.4 Å². The van der Waals surface area contributed by atoms with Crippen LogP contribution in [0.5, 0.6) is 17.2 Å². The van der Waals surface area contributed by atoms with E-state index in [0.29, 0.717) is 23.3 Å². The number of carbonyl (C=O) groups excluding carboxylic acids is 1. The molecule has 2 saturated heterocycles. The van der Waals surface area contributed by atoms with Crippen molar-refractivity contribution in [3.63, 3.8) is 0 Å². The Hall–Kier alpha value is -5.11. The van der Waals surface area contributed by atoms with E-state index >= 15 is 0 Å². The molecule has 0 aromatic heterocycles. The SMILES string of the molecule is Cc1cc(S(=O)(=O)NC(=O)c2ccc(N3CCN(Cc4cc(OCCN(C)C)ccc4-c4ccc(Cl)cc4)CC3)cc2Oc2ccccc2)ccc1NCC1CCOCC1. The van der Waals surface area contributed by atoms with E-state index in [4.69, 9.17) is 25.8 Å². The van der Waals surface area contributed by atoms with E-state index in [1.165, 1.54) is 11.6 Å². The van der Waals surface area contributed by atoms with E-state index in [-0.39, 0.29) is 16.2 Å². The number of amides is 1. The number of anilines is 2. The maximum absolute atomic E-state index is 13.8. The molecule has 316 valence electrons. The number of halogens is 1. The molecular formula is C47H54ClN5O6S. The lowest BCUT2D eigenvalue weighted by atomic mass is 9.98. The first kappa shape index (κ1) is 43.0. The van der Waals surface area contributed by atoms with Crippen LogP contribution >= 0.6 is 11.6 Å². The Morgan fingerprint density at radius 1 is 0.867 bits per heavy atom. The molecule has 2 fully saturated rings. The standard InChI is InChI=1S/C47H54ClN5O6S/c1-34-29-42(15-18-45(34)49-32-35-19-26-57-27-20-35)60(55,56)50-47(54)44-16-13-39(31-46(44)59-40-7-5-4-6-8-40)53-23-21-52(22-24-53)33-37-30-41(58-28-25-51(2)3)14-17-43(37)36-9-11-38(48)12-10-36/h4-18,29-31,35,49H,19-28,32-33H2,1-3H3,(H,50,54). The molecule has 0 radical (unpaired) electrons. The van der Waals surface area contributed by atoms with Gasteiger partial charge < -0.3 is 29.3 Å². The van der Waals surface area contributed by atoms with Crippen LogP contribution in [0.15, 0.2) is 114 Å². The number of nitrogens with one attached hydrogen (secondary N) is 2. The number of hydrogen-bond donors (Lipinski definition) is 2. The Kier molecular flexibility index (Phi) is 14.3. The molecule has 0 aliphatic carbocycles. The summed E-state index contributed by atoms with van der Waals surface area (Å²) in [7, 11) is -0.138. The molecule has 0 unspecified atom stereocenters. The van der Waals surface area contributed by atoms with Gasteiger partial charge in [-0.2, -0.15) is 0 Å². The summed E-state index contributed by atoms with van der Waals surface area (Å²) in [5.74, 6) is 1.36. The number of carbonyl (C=O) groups is 1. The van der Waals surface area contributed by atoms with Crippen molar-refractivity contribution in [1.82, 2.24) is 14.5 Å². The highest BCUT2D eigenvalue weighted by atomic mass is 35.5. The molecule has 11 nitrogen and oxygen atoms in total. The first-order chi connectivity index (χ1) is 29.0. The van der Waals surface area contributed by atoms with Gasteiger partial charge in [-0.15, -0.1) is 0 Å². The number of rotatable bonds is 16. The third-order valence-electron chi connectivity index (χ3n) is 11.0. The lowest BCUT2D eigenvalue weighted by molar-refractivity contribution is 0.0699. The molecule has 0 atom stereocenters. The van der Waals surface area contributed by atoms with Crippen LogP contribution in [0.4, 0.5) is 11.4 Å². The average Bonchev–Trinajstić information content (AvgIpc) is 3.24. The molecule has 5 aromatic rings. The molecule has 2 heterocycles. The molecule has 7 rings (SSSR count). The summed E-state index contributed by atoms with van der Waals surface area (Å²) in [5.41, 5.74) is 6.02. The number of aryl methyl sites for hydroxylation is 1. The minimum Gasteiger partial charge on any atom is -0.492 e. The molecule has 2 N–H and O–H groups in total. The molecule has 2 aliphatic rings. The highest BCUT2D eigenvalue weighted by Crippen LogP contribution is 2.33. The van der Waals surface area contributed by atoms with Crippen molar-refractivity contribution in [3.8, 4) is 28.4 Å². The minimum absolute atomic E-state index is 0.00820. The van der Waals surface area contributed by atoms with Crippen molar-refractivity contribution in [2.45, 2.75) is 31.2 Å². The van der Waals surface area contributed by atoms with Gasteiger partial charge in [-0.25, -0.2) is 13.1 Å². The summed E-state index contributed by atoms with van der Waals surface area (Å²) in [6.45, 7) is 9.39. The van der Waals surface area contributed by atoms with Gasteiger partial charge in [0.15, 0.2) is 0 Å². The normalized spacial score (nSPS) is 15.2. The van der Waals surface area contributed by atoms with Crippen molar-refractivity contribution in [1.29, 1.82) is 0 Å². The Labute approximate surface area is 359 Å². The summed E-state index contributed by atoms with van der Waals surface area (Å²) < 4.78 is 47.4. The smallest absolute Gasteiger partial charge is 0.268 e. The molecule has 13 heteroatoms. The average molecular weight is 852 g/mol. The number of benzene rings is 5. The second-order valence-corrected chi connectivity index (χ2v) is 17.8. The molecular weight excluding hydrogens is 798 g/mol. The summed E-state index contributed by atoms with van der Waals surface area (Å²) in [5, 5.41) is 4.15. The van der Waals surface area contributed by atoms with Crippen molar-refractivity contribution in [2.75, 3.05) is 83.4 Å². The van der Waals surface area contributed by atoms with Gasteiger partial charge in [-0.3, -0.25) is 9.69 Å². The Balaban J connectivity index is 1.04. The zero-order valence-corrected chi connectivity index (χ0v) is 36.1. The zero-order chi connectivity index (χ0) is 42.1. The number of piperazine rings is 1. The quantitative estimate of drug-likeness (QED) is 0.101. The largest absolute Gasteiger partial charge is 0.492 e. The van der Waals surface area contributed by atoms with Gasteiger partial charge in [0, 0.05) is 81.5 Å². The van der Waals surface area contributed by atoms with Crippen LogP contribution in [0.2, 0.25) is 5.02 Å². The van der Waals surface area contributed by atoms with E-state index in [2.05, 4.69) is 36.9 Å². The van der Waals surface area contributed by atoms with Crippen LogP contribution in [-0.2, 0) is 21.3 Å². The molecule has 0 saturated carbocycles. The summed E-state index contributed by atoms with van der Waals surface area (Å²) in [4.78, 5) is 20.6. The van der Waals surface area contributed by atoms with Crippen LogP contribution in [0.25, 0.3) is 11.1 Å². The Bertz CT molecular complexity index is 2330. The third-order valence-corrected chi connectivity index (χ3v) is 12.6. The summed E-state index contributed by atoms with van der Waals surface area (Å²) >= 11 is 6.23. The summed E-state index contributed by atoms with van der Waals surface area (Å²) in [6, 6.07) is 33.6. The lowest BCUT2D eigenvalue weighted by Gasteiger charge is -2.36. The van der Waals surface area contributed by atoms with E-state index < -0.39 is 15.9 Å². The summed E-state index contributed by atoms with van der Waals surface area (Å²) in [6.07, 6.45) is 1.99. The second kappa shape index (κ2) is 20.0. The molecule has 60 heavy (non-hydrogen) atoms. The van der Waals surface area contributed by atoms with E-state index in [1.807, 2.05) is 81.7 Å². The van der Waals surface area contributed by atoms with Crippen molar-refractivity contribution in [2.24, 2.45) is 5.92 Å².